The Morgan fingerprint density at radius 2 is 2.21 bits per heavy atom. The lowest BCUT2D eigenvalue weighted by atomic mass is 10.1. The maximum Gasteiger partial charge on any atom is 0.251 e. The van der Waals surface area contributed by atoms with Crippen molar-refractivity contribution in [2.75, 3.05) is 11.9 Å². The molecule has 104 valence electrons. The molecular weight excluding hydrogens is 240 g/mol. The highest BCUT2D eigenvalue weighted by atomic mass is 16.5. The summed E-state index contributed by atoms with van der Waals surface area (Å²) >= 11 is 0. The minimum Gasteiger partial charge on any atom is -0.380 e. The summed E-state index contributed by atoms with van der Waals surface area (Å²) in [5.41, 5.74) is 1.66. The minimum absolute atomic E-state index is 0.0330. The van der Waals surface area contributed by atoms with Crippen molar-refractivity contribution in [1.82, 2.24) is 5.32 Å². The molecule has 1 amide bonds. The molecule has 1 aromatic carbocycles. The van der Waals surface area contributed by atoms with Crippen LogP contribution in [-0.4, -0.2) is 30.7 Å². The second kappa shape index (κ2) is 6.06. The van der Waals surface area contributed by atoms with Crippen molar-refractivity contribution in [3.05, 3.63) is 29.8 Å². The average molecular weight is 262 g/mol. The summed E-state index contributed by atoms with van der Waals surface area (Å²) < 4.78 is 5.53. The van der Waals surface area contributed by atoms with E-state index in [0.29, 0.717) is 11.6 Å². The van der Waals surface area contributed by atoms with Crippen LogP contribution in [0.5, 0.6) is 0 Å². The average Bonchev–Trinajstić information content (AvgIpc) is 2.75. The van der Waals surface area contributed by atoms with Gasteiger partial charge < -0.3 is 15.4 Å². The Morgan fingerprint density at radius 1 is 1.42 bits per heavy atom. The van der Waals surface area contributed by atoms with Crippen LogP contribution in [0.3, 0.4) is 0 Å². The number of carbonyl (C=O) groups is 1. The van der Waals surface area contributed by atoms with Gasteiger partial charge in [-0.1, -0.05) is 6.07 Å². The number of rotatable bonds is 4. The monoisotopic (exact) mass is 262 g/mol. The van der Waals surface area contributed by atoms with Gasteiger partial charge in [0, 0.05) is 23.9 Å². The van der Waals surface area contributed by atoms with E-state index in [-0.39, 0.29) is 18.1 Å². The first-order valence-corrected chi connectivity index (χ1v) is 6.85. The summed E-state index contributed by atoms with van der Waals surface area (Å²) in [5.74, 6) is -0.0330. The van der Waals surface area contributed by atoms with Crippen LogP contribution in [0.2, 0.25) is 0 Å². The molecule has 0 aromatic heterocycles. The summed E-state index contributed by atoms with van der Waals surface area (Å²) in [4.78, 5) is 11.9. The SMILES string of the molecule is CC(C)NC(=O)c1cccc(NC2CCOC2C)c1. The van der Waals surface area contributed by atoms with Gasteiger partial charge in [-0.3, -0.25) is 4.79 Å². The zero-order valence-electron chi connectivity index (χ0n) is 11.8. The summed E-state index contributed by atoms with van der Waals surface area (Å²) in [6, 6.07) is 8.07. The lowest BCUT2D eigenvalue weighted by molar-refractivity contribution is 0.0943. The molecule has 0 spiro atoms. The largest absolute Gasteiger partial charge is 0.380 e. The standard InChI is InChI=1S/C15H22N2O2/c1-10(2)16-15(18)12-5-4-6-13(9-12)17-14-7-8-19-11(14)3/h4-6,9-11,14,17H,7-8H2,1-3H3,(H,16,18). The third-order valence-corrected chi connectivity index (χ3v) is 3.27. The predicted molar refractivity (Wildman–Crippen MR) is 76.5 cm³/mol. The van der Waals surface area contributed by atoms with E-state index in [4.69, 9.17) is 4.74 Å². The van der Waals surface area contributed by atoms with Gasteiger partial charge in [-0.05, 0) is 45.4 Å². The van der Waals surface area contributed by atoms with Crippen molar-refractivity contribution < 1.29 is 9.53 Å². The zero-order valence-corrected chi connectivity index (χ0v) is 11.8. The van der Waals surface area contributed by atoms with E-state index in [2.05, 4.69) is 17.6 Å². The molecule has 2 unspecified atom stereocenters. The van der Waals surface area contributed by atoms with E-state index in [1.165, 1.54) is 0 Å². The van der Waals surface area contributed by atoms with Crippen molar-refractivity contribution >= 4 is 11.6 Å². The van der Waals surface area contributed by atoms with Gasteiger partial charge in [0.2, 0.25) is 0 Å². The molecule has 1 aromatic rings. The third-order valence-electron chi connectivity index (χ3n) is 3.27. The van der Waals surface area contributed by atoms with Gasteiger partial charge in [0.1, 0.15) is 0 Å². The van der Waals surface area contributed by atoms with Crippen molar-refractivity contribution in [3.63, 3.8) is 0 Å². The lowest BCUT2D eigenvalue weighted by Crippen LogP contribution is -2.30. The molecular formula is C15H22N2O2. The van der Waals surface area contributed by atoms with Crippen LogP contribution in [-0.2, 0) is 4.74 Å². The van der Waals surface area contributed by atoms with Crippen molar-refractivity contribution in [3.8, 4) is 0 Å². The van der Waals surface area contributed by atoms with Crippen LogP contribution < -0.4 is 10.6 Å². The molecule has 1 aliphatic rings. The molecule has 0 radical (unpaired) electrons. The van der Waals surface area contributed by atoms with E-state index >= 15 is 0 Å². The van der Waals surface area contributed by atoms with Crippen LogP contribution in [0.4, 0.5) is 5.69 Å². The van der Waals surface area contributed by atoms with Gasteiger partial charge in [-0.25, -0.2) is 0 Å². The summed E-state index contributed by atoms with van der Waals surface area (Å²) in [6.07, 6.45) is 1.22. The fourth-order valence-electron chi connectivity index (χ4n) is 2.23. The van der Waals surface area contributed by atoms with E-state index in [0.717, 1.165) is 18.7 Å². The first-order valence-electron chi connectivity index (χ1n) is 6.85. The van der Waals surface area contributed by atoms with Crippen molar-refractivity contribution in [2.45, 2.75) is 45.4 Å². The Kier molecular flexibility index (Phi) is 4.43. The van der Waals surface area contributed by atoms with Crippen LogP contribution in [0.25, 0.3) is 0 Å². The van der Waals surface area contributed by atoms with E-state index in [1.54, 1.807) is 0 Å². The Hall–Kier alpha value is -1.55. The molecule has 0 bridgehead atoms. The fraction of sp³-hybridized carbons (Fsp3) is 0.533. The van der Waals surface area contributed by atoms with Crippen LogP contribution in [0, 0.1) is 0 Å². The summed E-state index contributed by atoms with van der Waals surface area (Å²) in [5, 5.41) is 6.33. The molecule has 19 heavy (non-hydrogen) atoms. The first kappa shape index (κ1) is 13.9. The highest BCUT2D eigenvalue weighted by Crippen LogP contribution is 2.19. The van der Waals surface area contributed by atoms with Gasteiger partial charge in [-0.2, -0.15) is 0 Å². The predicted octanol–water partition coefficient (Wildman–Crippen LogP) is 2.41. The molecule has 2 rings (SSSR count). The number of anilines is 1. The molecule has 4 heteroatoms. The van der Waals surface area contributed by atoms with Gasteiger partial charge in [0.15, 0.2) is 0 Å². The van der Waals surface area contributed by atoms with E-state index in [9.17, 15) is 4.79 Å². The Morgan fingerprint density at radius 3 is 2.84 bits per heavy atom. The van der Waals surface area contributed by atoms with Gasteiger partial charge in [0.05, 0.1) is 12.1 Å². The number of hydrogen-bond acceptors (Lipinski definition) is 3. The van der Waals surface area contributed by atoms with E-state index in [1.807, 2.05) is 38.1 Å². The summed E-state index contributed by atoms with van der Waals surface area (Å²) in [7, 11) is 0. The summed E-state index contributed by atoms with van der Waals surface area (Å²) in [6.45, 7) is 6.78. The molecule has 1 aliphatic heterocycles. The number of amides is 1. The molecule has 2 atom stereocenters. The minimum atomic E-state index is -0.0330. The Labute approximate surface area is 114 Å². The fourth-order valence-corrected chi connectivity index (χ4v) is 2.23. The third kappa shape index (κ3) is 3.70. The lowest BCUT2D eigenvalue weighted by Gasteiger charge is -2.18. The molecule has 0 aliphatic carbocycles. The molecule has 2 N–H and O–H groups in total. The highest BCUT2D eigenvalue weighted by molar-refractivity contribution is 5.95. The highest BCUT2D eigenvalue weighted by Gasteiger charge is 2.23. The molecule has 1 heterocycles. The topological polar surface area (TPSA) is 50.4 Å². The number of nitrogens with one attached hydrogen (secondary N) is 2. The van der Waals surface area contributed by atoms with Gasteiger partial charge in [-0.15, -0.1) is 0 Å². The number of hydrogen-bond donors (Lipinski definition) is 2. The number of benzene rings is 1. The van der Waals surface area contributed by atoms with Crippen LogP contribution in [0.15, 0.2) is 24.3 Å². The molecule has 4 nitrogen and oxygen atoms in total. The second-order valence-corrected chi connectivity index (χ2v) is 5.32. The maximum absolute atomic E-state index is 11.9. The first-order chi connectivity index (χ1) is 9.06. The van der Waals surface area contributed by atoms with Gasteiger partial charge >= 0.3 is 0 Å². The van der Waals surface area contributed by atoms with Gasteiger partial charge in [0.25, 0.3) is 5.91 Å². The number of ether oxygens (including phenoxy) is 1. The number of carbonyl (C=O) groups excluding carboxylic acids is 1. The van der Waals surface area contributed by atoms with E-state index < -0.39 is 0 Å². The quantitative estimate of drug-likeness (QED) is 0.876. The maximum atomic E-state index is 11.9. The van der Waals surface area contributed by atoms with Crippen LogP contribution >= 0.6 is 0 Å². The Balaban J connectivity index is 2.04. The second-order valence-electron chi connectivity index (χ2n) is 5.32. The Bertz CT molecular complexity index is 446. The molecule has 1 fully saturated rings. The normalized spacial score (nSPS) is 22.5. The van der Waals surface area contributed by atoms with Crippen molar-refractivity contribution in [2.24, 2.45) is 0 Å². The molecule has 1 saturated heterocycles. The zero-order chi connectivity index (χ0) is 13.8. The smallest absolute Gasteiger partial charge is 0.251 e. The van der Waals surface area contributed by atoms with Crippen molar-refractivity contribution in [1.29, 1.82) is 0 Å². The van der Waals surface area contributed by atoms with Crippen LogP contribution in [0.1, 0.15) is 37.6 Å². The molecule has 0 saturated carbocycles.